The van der Waals surface area contributed by atoms with Gasteiger partial charge in [0.2, 0.25) is 0 Å². The van der Waals surface area contributed by atoms with E-state index in [2.05, 4.69) is 15.8 Å². The van der Waals surface area contributed by atoms with Crippen molar-refractivity contribution in [2.75, 3.05) is 6.61 Å². The molecule has 0 aromatic heterocycles. The molecule has 1 aliphatic carbocycles. The Morgan fingerprint density at radius 3 is 2.32 bits per heavy atom. The summed E-state index contributed by atoms with van der Waals surface area (Å²) in [7, 11) is 0. The largest absolute Gasteiger partial charge is 0.548 e. The van der Waals surface area contributed by atoms with Crippen molar-refractivity contribution >= 4 is 12.1 Å². The van der Waals surface area contributed by atoms with Crippen LogP contribution in [0.5, 0.6) is 5.75 Å². The van der Waals surface area contributed by atoms with Crippen molar-refractivity contribution in [3.05, 3.63) is 29.8 Å². The van der Waals surface area contributed by atoms with Crippen LogP contribution >= 0.6 is 0 Å². The van der Waals surface area contributed by atoms with E-state index in [0.29, 0.717) is 5.56 Å². The number of aliphatic carboxylic acids is 1. The quantitative estimate of drug-likeness (QED) is 0.705. The van der Waals surface area contributed by atoms with E-state index < -0.39 is 18.1 Å². The molecule has 7 nitrogen and oxygen atoms in total. The number of carbonyl (C=O) groups excluding carboxylic acids is 2. The van der Waals surface area contributed by atoms with Crippen molar-refractivity contribution in [2.24, 2.45) is 0 Å². The Bertz CT molecular complexity index is 527. The zero-order chi connectivity index (χ0) is 18.7. The molecule has 0 bridgehead atoms. The Hall–Kier alpha value is -2.28. The van der Waals surface area contributed by atoms with E-state index in [1.165, 1.54) is 44.2 Å². The van der Waals surface area contributed by atoms with Gasteiger partial charge in [0, 0.05) is 0 Å². The Labute approximate surface area is 148 Å². The van der Waals surface area contributed by atoms with Crippen LogP contribution in [0.1, 0.15) is 44.6 Å². The van der Waals surface area contributed by atoms with Crippen molar-refractivity contribution in [2.45, 2.75) is 57.5 Å². The summed E-state index contributed by atoms with van der Waals surface area (Å²) >= 11 is 0. The number of amides is 1. The third-order valence-corrected chi connectivity index (χ3v) is 3.95. The van der Waals surface area contributed by atoms with Gasteiger partial charge < -0.3 is 30.8 Å². The summed E-state index contributed by atoms with van der Waals surface area (Å²) in [6.07, 6.45) is 6.31. The van der Waals surface area contributed by atoms with Gasteiger partial charge in [-0.1, -0.05) is 18.6 Å². The highest BCUT2D eigenvalue weighted by Gasteiger charge is 2.14. The number of phenols is 1. The van der Waals surface area contributed by atoms with E-state index >= 15 is 0 Å². The van der Waals surface area contributed by atoms with E-state index in [1.54, 1.807) is 19.1 Å². The Balaban J connectivity index is 0.000000370. The lowest BCUT2D eigenvalue weighted by Crippen LogP contribution is -2.61. The van der Waals surface area contributed by atoms with Gasteiger partial charge in [0.15, 0.2) is 0 Å². The van der Waals surface area contributed by atoms with Crippen molar-refractivity contribution in [3.63, 3.8) is 0 Å². The number of nitrogens with one attached hydrogen (secondary N) is 1. The predicted octanol–water partition coefficient (Wildman–Crippen LogP) is 0.360. The fraction of sp³-hybridized carbons (Fsp3) is 0.556. The molecular formula is C18H28N2O5. The molecule has 0 heterocycles. The molecule has 140 valence electrons. The highest BCUT2D eigenvalue weighted by atomic mass is 16.5. The number of hydrogen-bond acceptors (Lipinski definition) is 5. The Morgan fingerprint density at radius 1 is 1.28 bits per heavy atom. The van der Waals surface area contributed by atoms with Gasteiger partial charge in [-0.05, 0) is 56.7 Å². The molecule has 1 aliphatic rings. The summed E-state index contributed by atoms with van der Waals surface area (Å²) in [5.74, 6) is -1.31. The number of ether oxygens (including phenoxy) is 1. The summed E-state index contributed by atoms with van der Waals surface area (Å²) in [5.41, 5.74) is 4.65. The fourth-order valence-electron chi connectivity index (χ4n) is 2.56. The number of alkyl carbamates (subject to hydrolysis) is 1. The van der Waals surface area contributed by atoms with Crippen LogP contribution in [0.4, 0.5) is 4.79 Å². The zero-order valence-corrected chi connectivity index (χ0v) is 14.7. The van der Waals surface area contributed by atoms with Gasteiger partial charge >= 0.3 is 6.09 Å². The van der Waals surface area contributed by atoms with Crippen molar-refractivity contribution < 1.29 is 30.3 Å². The third kappa shape index (κ3) is 8.95. The molecule has 5 N–H and O–H groups in total. The van der Waals surface area contributed by atoms with Gasteiger partial charge in [-0.25, -0.2) is 4.79 Å². The number of rotatable bonds is 5. The molecule has 0 aliphatic heterocycles. The molecule has 0 spiro atoms. The second kappa shape index (κ2) is 11.3. The lowest BCUT2D eigenvalue weighted by Gasteiger charge is -2.19. The number of benzene rings is 1. The normalized spacial score (nSPS) is 15.4. The van der Waals surface area contributed by atoms with Crippen LogP contribution in [-0.2, 0) is 16.0 Å². The molecule has 0 radical (unpaired) electrons. The Morgan fingerprint density at radius 2 is 1.88 bits per heavy atom. The maximum absolute atomic E-state index is 11.1. The maximum Gasteiger partial charge on any atom is 0.407 e. The van der Waals surface area contributed by atoms with Crippen LogP contribution in [0.3, 0.4) is 0 Å². The number of phenolic OH excluding ortho intramolecular Hbond substituents is 1. The minimum atomic E-state index is -1.39. The molecule has 1 aromatic carbocycles. The number of hydrogen-bond donors (Lipinski definition) is 3. The van der Waals surface area contributed by atoms with Crippen molar-refractivity contribution in [3.8, 4) is 5.75 Å². The topological polar surface area (TPSA) is 126 Å². The average molecular weight is 352 g/mol. The number of carboxylic acids is 1. The minimum Gasteiger partial charge on any atom is -0.548 e. The molecule has 2 rings (SSSR count). The highest BCUT2D eigenvalue weighted by molar-refractivity contribution is 5.78. The second-order valence-electron chi connectivity index (χ2n) is 6.11. The SMILES string of the molecule is CCOC(=O)N[C@@H](Cc1ccc(O)cc1)C(=O)[O-].[NH3+]C1CCCCC1. The maximum atomic E-state index is 11.1. The lowest BCUT2D eigenvalue weighted by molar-refractivity contribution is -0.425. The number of quaternary nitrogens is 1. The molecule has 1 atom stereocenters. The van der Waals surface area contributed by atoms with Crippen molar-refractivity contribution in [1.82, 2.24) is 5.32 Å². The highest BCUT2D eigenvalue weighted by Crippen LogP contribution is 2.13. The van der Waals surface area contributed by atoms with Gasteiger partial charge in [0.1, 0.15) is 5.75 Å². The van der Waals surface area contributed by atoms with Gasteiger partial charge in [-0.15, -0.1) is 0 Å². The van der Waals surface area contributed by atoms with Gasteiger partial charge in [-0.2, -0.15) is 0 Å². The lowest BCUT2D eigenvalue weighted by atomic mass is 9.97. The van der Waals surface area contributed by atoms with Crippen LogP contribution in [0.25, 0.3) is 0 Å². The first-order chi connectivity index (χ1) is 11.9. The van der Waals surface area contributed by atoms with E-state index in [1.807, 2.05) is 0 Å². The summed E-state index contributed by atoms with van der Waals surface area (Å²) in [4.78, 5) is 22.0. The smallest absolute Gasteiger partial charge is 0.407 e. The summed E-state index contributed by atoms with van der Waals surface area (Å²) in [6, 6.07) is 5.62. The van der Waals surface area contributed by atoms with Gasteiger partial charge in [0.25, 0.3) is 0 Å². The van der Waals surface area contributed by atoms with Crippen LogP contribution in [0.2, 0.25) is 0 Å². The van der Waals surface area contributed by atoms with E-state index in [9.17, 15) is 14.7 Å². The second-order valence-corrected chi connectivity index (χ2v) is 6.11. The van der Waals surface area contributed by atoms with Gasteiger partial charge in [0.05, 0.1) is 24.7 Å². The third-order valence-electron chi connectivity index (χ3n) is 3.95. The minimum absolute atomic E-state index is 0.0570. The van der Waals surface area contributed by atoms with E-state index in [0.717, 1.165) is 6.04 Å². The summed E-state index contributed by atoms with van der Waals surface area (Å²) in [5, 5.41) is 22.2. The first-order valence-electron chi connectivity index (χ1n) is 8.67. The Kier molecular flexibility index (Phi) is 9.39. The summed E-state index contributed by atoms with van der Waals surface area (Å²) < 4.78 is 4.60. The molecule has 1 amide bonds. The zero-order valence-electron chi connectivity index (χ0n) is 14.7. The first kappa shape index (κ1) is 20.8. The molecule has 25 heavy (non-hydrogen) atoms. The number of carbonyl (C=O) groups is 2. The number of aromatic hydroxyl groups is 1. The van der Waals surface area contributed by atoms with E-state index in [-0.39, 0.29) is 18.8 Å². The monoisotopic (exact) mass is 352 g/mol. The van der Waals surface area contributed by atoms with Crippen molar-refractivity contribution in [1.29, 1.82) is 0 Å². The molecule has 0 saturated heterocycles. The average Bonchev–Trinajstić information content (AvgIpc) is 2.57. The molecule has 1 saturated carbocycles. The van der Waals surface area contributed by atoms with E-state index in [4.69, 9.17) is 5.11 Å². The standard InChI is InChI=1S/C12H15NO5.C6H13N/c1-2-18-12(17)13-10(11(15)16)7-8-3-5-9(14)6-4-8;7-6-4-2-1-3-5-6/h3-6,10,14H,2,7H2,1H3,(H,13,17)(H,15,16);6H,1-5,7H2/t10-;/m0./s1. The number of carboxylic acid groups (broad SMARTS) is 1. The molecule has 0 unspecified atom stereocenters. The van der Waals surface area contributed by atoms with Crippen LogP contribution in [-0.4, -0.2) is 35.9 Å². The molecular weight excluding hydrogens is 324 g/mol. The van der Waals surface area contributed by atoms with Gasteiger partial charge in [-0.3, -0.25) is 0 Å². The first-order valence-corrected chi connectivity index (χ1v) is 8.67. The molecule has 1 aromatic rings. The fourth-order valence-corrected chi connectivity index (χ4v) is 2.56. The van der Waals surface area contributed by atoms with Crippen LogP contribution < -0.4 is 16.2 Å². The van der Waals surface area contributed by atoms with Crippen LogP contribution in [0.15, 0.2) is 24.3 Å². The molecule has 7 heteroatoms. The summed E-state index contributed by atoms with van der Waals surface area (Å²) in [6.45, 7) is 1.78. The van der Waals surface area contributed by atoms with Crippen LogP contribution in [0, 0.1) is 0 Å². The molecule has 1 fully saturated rings. The predicted molar refractivity (Wildman–Crippen MR) is 90.5 cm³/mol.